The molecule has 0 bridgehead atoms. The van der Waals surface area contributed by atoms with Gasteiger partial charge in [-0.1, -0.05) is 31.2 Å². The fraction of sp³-hybridized carbons (Fsp3) is 0.292. The van der Waals surface area contributed by atoms with E-state index in [2.05, 4.69) is 9.71 Å². The zero-order valence-corrected chi connectivity index (χ0v) is 20.1. The van der Waals surface area contributed by atoms with Gasteiger partial charge in [0.25, 0.3) is 5.56 Å². The van der Waals surface area contributed by atoms with Crippen LogP contribution >= 0.6 is 11.3 Å². The molecular weight excluding hydrogens is 444 g/mol. The molecule has 0 aliphatic rings. The van der Waals surface area contributed by atoms with Crippen molar-refractivity contribution in [2.75, 3.05) is 19.4 Å². The van der Waals surface area contributed by atoms with Gasteiger partial charge < -0.3 is 9.72 Å². The minimum atomic E-state index is -3.22. The number of H-pyrrole nitrogens is 1. The summed E-state index contributed by atoms with van der Waals surface area (Å²) in [7, 11) is -1.57. The second kappa shape index (κ2) is 8.69. The Hall–Kier alpha value is -2.68. The van der Waals surface area contributed by atoms with Gasteiger partial charge in [-0.15, -0.1) is 11.3 Å². The lowest BCUT2D eigenvalue weighted by Crippen LogP contribution is -2.28. The van der Waals surface area contributed by atoms with Gasteiger partial charge in [-0.2, -0.15) is 0 Å². The number of aryl methyl sites for hydroxylation is 1. The molecule has 1 unspecified atom stereocenters. The van der Waals surface area contributed by atoms with E-state index in [9.17, 15) is 13.2 Å². The van der Waals surface area contributed by atoms with Crippen molar-refractivity contribution in [2.45, 2.75) is 26.7 Å². The van der Waals surface area contributed by atoms with Gasteiger partial charge in [0.1, 0.15) is 10.4 Å². The first-order chi connectivity index (χ1) is 15.3. The highest BCUT2D eigenvalue weighted by atomic mass is 32.2. The molecule has 32 heavy (non-hydrogen) atoms. The lowest BCUT2D eigenvalue weighted by atomic mass is 9.93. The van der Waals surface area contributed by atoms with Crippen molar-refractivity contribution in [3.8, 4) is 16.9 Å². The molecule has 2 heterocycles. The highest BCUT2D eigenvalue weighted by molar-refractivity contribution is 7.89. The standard InChI is InChI=1S/C24H26N2O4S2/c1-5-32(28,29)25-13-15(3)16-6-8-17(9-7-16)20-19(30-4)12-14(2)22-21(20)18-10-11-31-23(18)24(27)26-22/h6-12,15,25H,5,13H2,1-4H3,(H,26,27). The summed E-state index contributed by atoms with van der Waals surface area (Å²) in [5, 5.41) is 3.81. The minimum absolute atomic E-state index is 0.0296. The quantitative estimate of drug-likeness (QED) is 0.407. The maximum Gasteiger partial charge on any atom is 0.266 e. The molecule has 1 atom stereocenters. The first-order valence-electron chi connectivity index (χ1n) is 10.4. The lowest BCUT2D eigenvalue weighted by molar-refractivity contribution is 0.416. The number of hydrogen-bond donors (Lipinski definition) is 2. The number of aromatic nitrogens is 1. The molecule has 2 aromatic heterocycles. The molecule has 0 aliphatic heterocycles. The molecule has 8 heteroatoms. The number of benzene rings is 2. The summed E-state index contributed by atoms with van der Waals surface area (Å²) < 4.78 is 32.6. The van der Waals surface area contributed by atoms with Gasteiger partial charge in [-0.05, 0) is 54.0 Å². The highest BCUT2D eigenvalue weighted by Gasteiger charge is 2.19. The number of hydrogen-bond acceptors (Lipinski definition) is 5. The molecule has 2 N–H and O–H groups in total. The van der Waals surface area contributed by atoms with E-state index in [4.69, 9.17) is 4.74 Å². The SMILES string of the molecule is CCS(=O)(=O)NCC(C)c1ccc(-c2c(OC)cc(C)c3[nH]c(=O)c4sccc4c23)cc1. The third-order valence-electron chi connectivity index (χ3n) is 5.85. The number of rotatable bonds is 7. The van der Waals surface area contributed by atoms with E-state index in [0.29, 0.717) is 11.2 Å². The Bertz CT molecular complexity index is 1450. The molecular formula is C24H26N2O4S2. The largest absolute Gasteiger partial charge is 0.496 e. The molecule has 0 radical (unpaired) electrons. The van der Waals surface area contributed by atoms with Crippen LogP contribution in [0.4, 0.5) is 0 Å². The molecule has 4 aromatic rings. The Kier molecular flexibility index (Phi) is 6.11. The van der Waals surface area contributed by atoms with Crippen LogP contribution in [0.5, 0.6) is 5.75 Å². The number of ether oxygens (including phenoxy) is 1. The van der Waals surface area contributed by atoms with Gasteiger partial charge in [0.15, 0.2) is 0 Å². The van der Waals surface area contributed by atoms with E-state index in [1.165, 1.54) is 11.3 Å². The molecule has 0 aliphatic carbocycles. The van der Waals surface area contributed by atoms with Crippen molar-refractivity contribution in [2.24, 2.45) is 0 Å². The van der Waals surface area contributed by atoms with Gasteiger partial charge in [0, 0.05) is 22.9 Å². The van der Waals surface area contributed by atoms with Gasteiger partial charge in [0.05, 0.1) is 18.4 Å². The van der Waals surface area contributed by atoms with E-state index in [1.54, 1.807) is 14.0 Å². The number of methoxy groups -OCH3 is 1. The second-order valence-corrected chi connectivity index (χ2v) is 10.9. The van der Waals surface area contributed by atoms with Crippen molar-refractivity contribution in [1.29, 1.82) is 0 Å². The second-order valence-electron chi connectivity index (χ2n) is 7.91. The molecule has 0 amide bonds. The highest BCUT2D eigenvalue weighted by Crippen LogP contribution is 2.41. The first kappa shape index (κ1) is 22.5. The van der Waals surface area contributed by atoms with Crippen molar-refractivity contribution in [1.82, 2.24) is 9.71 Å². The molecule has 6 nitrogen and oxygen atoms in total. The van der Waals surface area contributed by atoms with Crippen molar-refractivity contribution in [3.05, 3.63) is 63.3 Å². The molecule has 0 spiro atoms. The van der Waals surface area contributed by atoms with Gasteiger partial charge >= 0.3 is 0 Å². The third kappa shape index (κ3) is 4.05. The number of nitrogens with one attached hydrogen (secondary N) is 2. The zero-order valence-electron chi connectivity index (χ0n) is 18.5. The lowest BCUT2D eigenvalue weighted by Gasteiger charge is -2.17. The molecule has 2 aromatic carbocycles. The van der Waals surface area contributed by atoms with E-state index in [0.717, 1.165) is 44.3 Å². The topological polar surface area (TPSA) is 88.3 Å². The summed E-state index contributed by atoms with van der Waals surface area (Å²) in [6.45, 7) is 5.93. The summed E-state index contributed by atoms with van der Waals surface area (Å²) in [5.41, 5.74) is 4.61. The Morgan fingerprint density at radius 1 is 1.19 bits per heavy atom. The van der Waals surface area contributed by atoms with Crippen molar-refractivity contribution >= 4 is 42.3 Å². The maximum atomic E-state index is 12.6. The Morgan fingerprint density at radius 2 is 1.91 bits per heavy atom. The van der Waals surface area contributed by atoms with E-state index < -0.39 is 10.0 Å². The van der Waals surface area contributed by atoms with E-state index in [1.807, 2.05) is 55.6 Å². The molecule has 0 fully saturated rings. The summed E-state index contributed by atoms with van der Waals surface area (Å²) in [6, 6.07) is 12.0. The molecule has 0 saturated heterocycles. The van der Waals surface area contributed by atoms with E-state index >= 15 is 0 Å². The monoisotopic (exact) mass is 470 g/mol. The van der Waals surface area contributed by atoms with Crippen molar-refractivity contribution < 1.29 is 13.2 Å². The van der Waals surface area contributed by atoms with E-state index in [-0.39, 0.29) is 17.2 Å². The Morgan fingerprint density at radius 3 is 2.56 bits per heavy atom. The van der Waals surface area contributed by atoms with Gasteiger partial charge in [-0.25, -0.2) is 13.1 Å². The van der Waals surface area contributed by atoms with Crippen LogP contribution in [-0.2, 0) is 10.0 Å². The normalized spacial score (nSPS) is 13.0. The maximum absolute atomic E-state index is 12.6. The number of aromatic amines is 1. The average Bonchev–Trinajstić information content (AvgIpc) is 3.29. The van der Waals surface area contributed by atoms with Crippen LogP contribution in [0, 0.1) is 6.92 Å². The minimum Gasteiger partial charge on any atom is -0.496 e. The predicted octanol–water partition coefficient (Wildman–Crippen LogP) is 4.77. The molecule has 0 saturated carbocycles. The van der Waals surface area contributed by atoms with Gasteiger partial charge in [-0.3, -0.25) is 4.79 Å². The molecule has 168 valence electrons. The smallest absolute Gasteiger partial charge is 0.266 e. The predicted molar refractivity (Wildman–Crippen MR) is 133 cm³/mol. The molecule has 4 rings (SSSR count). The van der Waals surface area contributed by atoms with Crippen molar-refractivity contribution in [3.63, 3.8) is 0 Å². The third-order valence-corrected chi connectivity index (χ3v) is 8.13. The number of pyridine rings is 1. The fourth-order valence-corrected chi connectivity index (χ4v) is 5.47. The van der Waals surface area contributed by atoms with Crippen LogP contribution < -0.4 is 15.0 Å². The van der Waals surface area contributed by atoms with Crippen LogP contribution in [0.15, 0.2) is 46.6 Å². The summed E-state index contributed by atoms with van der Waals surface area (Å²) in [5.74, 6) is 0.839. The van der Waals surface area contributed by atoms with Gasteiger partial charge in [0.2, 0.25) is 10.0 Å². The zero-order chi connectivity index (χ0) is 23.0. The van der Waals surface area contributed by atoms with Crippen LogP contribution in [0.1, 0.15) is 30.9 Å². The summed E-state index contributed by atoms with van der Waals surface area (Å²) in [6.07, 6.45) is 0. The van der Waals surface area contributed by atoms with Crippen LogP contribution in [0.2, 0.25) is 0 Å². The van der Waals surface area contributed by atoms with Crippen LogP contribution in [-0.4, -0.2) is 32.8 Å². The first-order valence-corrected chi connectivity index (χ1v) is 13.0. The number of thiophene rings is 1. The van der Waals surface area contributed by atoms with Crippen LogP contribution in [0.25, 0.3) is 32.1 Å². The fourth-order valence-electron chi connectivity index (χ4n) is 3.97. The summed E-state index contributed by atoms with van der Waals surface area (Å²) >= 11 is 1.43. The Labute approximate surface area is 191 Å². The number of sulfonamides is 1. The number of fused-ring (bicyclic) bond motifs is 3. The summed E-state index contributed by atoms with van der Waals surface area (Å²) in [4.78, 5) is 15.6. The average molecular weight is 471 g/mol. The van der Waals surface area contributed by atoms with Crippen LogP contribution in [0.3, 0.4) is 0 Å². The Balaban J connectivity index is 1.82.